The van der Waals surface area contributed by atoms with Crippen molar-refractivity contribution in [3.63, 3.8) is 0 Å². The average molecular weight is 437 g/mol. The molecule has 1 aliphatic heterocycles. The Labute approximate surface area is 187 Å². The summed E-state index contributed by atoms with van der Waals surface area (Å²) in [5.41, 5.74) is 1.21. The molecule has 1 heterocycles. The smallest absolute Gasteiger partial charge is 0.295 e. The first kappa shape index (κ1) is 21.7. The van der Waals surface area contributed by atoms with Crippen molar-refractivity contribution in [1.82, 2.24) is 4.90 Å². The van der Waals surface area contributed by atoms with Crippen molar-refractivity contribution in [2.24, 2.45) is 0 Å². The van der Waals surface area contributed by atoms with E-state index in [1.54, 1.807) is 42.3 Å². The van der Waals surface area contributed by atoms with Gasteiger partial charge in [0.2, 0.25) is 0 Å². The molecule has 0 aromatic heterocycles. The van der Waals surface area contributed by atoms with Crippen molar-refractivity contribution in [1.29, 1.82) is 0 Å². The molecule has 1 N–H and O–H groups in total. The maximum absolute atomic E-state index is 13.2. The topological polar surface area (TPSA) is 85.3 Å². The molecule has 0 radical (unpaired) electrons. The van der Waals surface area contributed by atoms with Gasteiger partial charge in [-0.1, -0.05) is 25.0 Å². The van der Waals surface area contributed by atoms with Gasteiger partial charge in [0.05, 0.1) is 32.9 Å². The largest absolute Gasteiger partial charge is 0.507 e. The molecule has 2 aliphatic rings. The Balaban J connectivity index is 1.87. The maximum atomic E-state index is 13.2. The quantitative estimate of drug-likeness (QED) is 0.417. The fourth-order valence-corrected chi connectivity index (χ4v) is 4.66. The number of carbonyl (C=O) groups is 2. The van der Waals surface area contributed by atoms with Crippen LogP contribution in [0.1, 0.15) is 42.9 Å². The summed E-state index contributed by atoms with van der Waals surface area (Å²) in [6, 6.07) is 11.4. The van der Waals surface area contributed by atoms with Crippen LogP contribution in [0.4, 0.5) is 0 Å². The molecule has 4 rings (SSSR count). The van der Waals surface area contributed by atoms with Crippen molar-refractivity contribution in [2.45, 2.75) is 37.8 Å². The van der Waals surface area contributed by atoms with E-state index < -0.39 is 17.7 Å². The third-order valence-corrected chi connectivity index (χ3v) is 6.29. The number of aliphatic hydroxyl groups is 1. The van der Waals surface area contributed by atoms with E-state index in [1.165, 1.54) is 14.2 Å². The van der Waals surface area contributed by atoms with Crippen molar-refractivity contribution < 1.29 is 28.9 Å². The highest BCUT2D eigenvalue weighted by molar-refractivity contribution is 6.46. The number of ether oxygens (including phenoxy) is 3. The lowest BCUT2D eigenvalue weighted by Crippen LogP contribution is -2.37. The Morgan fingerprint density at radius 1 is 0.906 bits per heavy atom. The standard InChI is InChI=1S/C25H27NO6/c1-30-18-11-8-15(9-12-18)22-21(24(28)25(29)26(22)17-6-4-5-7-17)23(27)16-10-13-19(31-2)20(14-16)32-3/h8-14,17,22,27H,4-7H2,1-3H3/b23-21-. The summed E-state index contributed by atoms with van der Waals surface area (Å²) in [5, 5.41) is 11.2. The number of aliphatic hydroxyl groups excluding tert-OH is 1. The molecule has 1 saturated heterocycles. The molecule has 0 bridgehead atoms. The van der Waals surface area contributed by atoms with Gasteiger partial charge in [-0.3, -0.25) is 9.59 Å². The van der Waals surface area contributed by atoms with Gasteiger partial charge < -0.3 is 24.2 Å². The molecule has 0 spiro atoms. The number of likely N-dealkylation sites (tertiary alicyclic amines) is 1. The Hall–Kier alpha value is -3.48. The zero-order valence-corrected chi connectivity index (χ0v) is 18.5. The van der Waals surface area contributed by atoms with Crippen molar-refractivity contribution in [3.8, 4) is 17.2 Å². The zero-order chi connectivity index (χ0) is 22.8. The van der Waals surface area contributed by atoms with Gasteiger partial charge in [-0.05, 0) is 48.7 Å². The summed E-state index contributed by atoms with van der Waals surface area (Å²) in [6.45, 7) is 0. The molecule has 1 saturated carbocycles. The lowest BCUT2D eigenvalue weighted by atomic mass is 9.94. The van der Waals surface area contributed by atoms with Crippen LogP contribution in [-0.2, 0) is 9.59 Å². The highest BCUT2D eigenvalue weighted by Gasteiger charge is 2.49. The van der Waals surface area contributed by atoms with E-state index in [0.29, 0.717) is 22.8 Å². The monoisotopic (exact) mass is 437 g/mol. The Kier molecular flexibility index (Phi) is 6.08. The summed E-state index contributed by atoms with van der Waals surface area (Å²) in [6.07, 6.45) is 3.71. The number of methoxy groups -OCH3 is 3. The molecule has 1 atom stereocenters. The van der Waals surface area contributed by atoms with Crippen LogP contribution >= 0.6 is 0 Å². The number of carbonyl (C=O) groups excluding carboxylic acids is 2. The zero-order valence-electron chi connectivity index (χ0n) is 18.5. The molecular weight excluding hydrogens is 410 g/mol. The maximum Gasteiger partial charge on any atom is 0.295 e. The van der Waals surface area contributed by atoms with Crippen molar-refractivity contribution in [2.75, 3.05) is 21.3 Å². The Morgan fingerprint density at radius 3 is 2.16 bits per heavy atom. The number of Topliss-reactive ketones (excluding diaryl/α,β-unsaturated/α-hetero) is 1. The molecule has 32 heavy (non-hydrogen) atoms. The van der Waals surface area contributed by atoms with Gasteiger partial charge in [0.15, 0.2) is 11.5 Å². The second kappa shape index (κ2) is 8.94. The summed E-state index contributed by atoms with van der Waals surface area (Å²) in [5.74, 6) is 0.117. The number of ketones is 1. The minimum absolute atomic E-state index is 0.0331. The van der Waals surface area contributed by atoms with Gasteiger partial charge >= 0.3 is 0 Å². The van der Waals surface area contributed by atoms with E-state index in [9.17, 15) is 14.7 Å². The van der Waals surface area contributed by atoms with Crippen LogP contribution in [-0.4, -0.2) is 49.1 Å². The number of rotatable bonds is 6. The molecular formula is C25H27NO6. The lowest BCUT2D eigenvalue weighted by molar-refractivity contribution is -0.141. The highest BCUT2D eigenvalue weighted by Crippen LogP contribution is 2.44. The van der Waals surface area contributed by atoms with Gasteiger partial charge in [-0.15, -0.1) is 0 Å². The Bertz CT molecular complexity index is 1050. The lowest BCUT2D eigenvalue weighted by Gasteiger charge is -2.30. The second-order valence-corrected chi connectivity index (χ2v) is 7.99. The summed E-state index contributed by atoms with van der Waals surface area (Å²) in [7, 11) is 4.60. The van der Waals surface area contributed by atoms with E-state index in [0.717, 1.165) is 31.2 Å². The predicted octanol–water partition coefficient (Wildman–Crippen LogP) is 4.08. The number of nitrogens with zero attached hydrogens (tertiary/aromatic N) is 1. The highest BCUT2D eigenvalue weighted by atomic mass is 16.5. The number of hydrogen-bond acceptors (Lipinski definition) is 6. The molecule has 1 amide bonds. The SMILES string of the molecule is COc1ccc(C2/C(=C(/O)c3ccc(OC)c(OC)c3)C(=O)C(=O)N2C2CCCC2)cc1. The van der Waals surface area contributed by atoms with Gasteiger partial charge in [0.1, 0.15) is 11.5 Å². The first-order chi connectivity index (χ1) is 15.5. The molecule has 1 unspecified atom stereocenters. The second-order valence-electron chi connectivity index (χ2n) is 7.99. The van der Waals surface area contributed by atoms with Crippen LogP contribution in [0.3, 0.4) is 0 Å². The predicted molar refractivity (Wildman–Crippen MR) is 119 cm³/mol. The molecule has 1 aliphatic carbocycles. The van der Waals surface area contributed by atoms with E-state index >= 15 is 0 Å². The molecule has 7 heteroatoms. The third-order valence-electron chi connectivity index (χ3n) is 6.29. The van der Waals surface area contributed by atoms with Crippen LogP contribution in [0.5, 0.6) is 17.2 Å². The van der Waals surface area contributed by atoms with Gasteiger partial charge in [0.25, 0.3) is 11.7 Å². The fraction of sp³-hybridized carbons (Fsp3) is 0.360. The average Bonchev–Trinajstić information content (AvgIpc) is 3.45. The molecule has 168 valence electrons. The minimum Gasteiger partial charge on any atom is -0.507 e. The van der Waals surface area contributed by atoms with Crippen LogP contribution in [0.2, 0.25) is 0 Å². The minimum atomic E-state index is -0.676. The first-order valence-corrected chi connectivity index (χ1v) is 10.7. The summed E-state index contributed by atoms with van der Waals surface area (Å²) >= 11 is 0. The first-order valence-electron chi connectivity index (χ1n) is 10.7. The van der Waals surface area contributed by atoms with E-state index in [4.69, 9.17) is 14.2 Å². The van der Waals surface area contributed by atoms with E-state index in [2.05, 4.69) is 0 Å². The normalized spacial score (nSPS) is 20.6. The number of hydrogen-bond donors (Lipinski definition) is 1. The number of benzene rings is 2. The molecule has 2 fully saturated rings. The van der Waals surface area contributed by atoms with Crippen molar-refractivity contribution >= 4 is 17.4 Å². The van der Waals surface area contributed by atoms with E-state index in [-0.39, 0.29) is 17.4 Å². The van der Waals surface area contributed by atoms with Crippen LogP contribution in [0, 0.1) is 0 Å². The fourth-order valence-electron chi connectivity index (χ4n) is 4.66. The number of amides is 1. The van der Waals surface area contributed by atoms with Crippen molar-refractivity contribution in [3.05, 3.63) is 59.2 Å². The van der Waals surface area contributed by atoms with Gasteiger partial charge in [0, 0.05) is 11.6 Å². The summed E-state index contributed by atoms with van der Waals surface area (Å²) in [4.78, 5) is 28.0. The van der Waals surface area contributed by atoms with Gasteiger partial charge in [-0.2, -0.15) is 0 Å². The van der Waals surface area contributed by atoms with Gasteiger partial charge in [-0.25, -0.2) is 0 Å². The Morgan fingerprint density at radius 2 is 1.56 bits per heavy atom. The molecule has 2 aromatic carbocycles. The van der Waals surface area contributed by atoms with E-state index in [1.807, 2.05) is 12.1 Å². The third kappa shape index (κ3) is 3.68. The molecule has 7 nitrogen and oxygen atoms in total. The van der Waals surface area contributed by atoms with Crippen LogP contribution in [0.15, 0.2) is 48.0 Å². The summed E-state index contributed by atoms with van der Waals surface area (Å²) < 4.78 is 15.9. The van der Waals surface area contributed by atoms with Crippen LogP contribution in [0.25, 0.3) is 5.76 Å². The molecule has 2 aromatic rings. The van der Waals surface area contributed by atoms with Crippen LogP contribution < -0.4 is 14.2 Å².